The molecule has 1 saturated carbocycles. The summed E-state index contributed by atoms with van der Waals surface area (Å²) in [5.41, 5.74) is 1.90. The molecule has 0 saturated heterocycles. The van der Waals surface area contributed by atoms with Crippen LogP contribution in [0.3, 0.4) is 0 Å². The van der Waals surface area contributed by atoms with Gasteiger partial charge in [-0.25, -0.2) is 4.68 Å². The number of aromatic nitrogens is 3. The number of rotatable bonds is 6. The van der Waals surface area contributed by atoms with Gasteiger partial charge >= 0.3 is 0 Å². The molecule has 0 amide bonds. The van der Waals surface area contributed by atoms with Gasteiger partial charge in [0.05, 0.1) is 12.3 Å². The lowest BCUT2D eigenvalue weighted by molar-refractivity contribution is 0.187. The zero-order valence-corrected chi connectivity index (χ0v) is 9.72. The maximum absolute atomic E-state index is 9.23. The van der Waals surface area contributed by atoms with Crippen molar-refractivity contribution in [3.05, 3.63) is 11.4 Å². The maximum atomic E-state index is 9.23. The first-order chi connectivity index (χ1) is 7.86. The van der Waals surface area contributed by atoms with E-state index in [9.17, 15) is 5.11 Å². The lowest BCUT2D eigenvalue weighted by Crippen LogP contribution is -2.17. The molecule has 5 nitrogen and oxygen atoms in total. The number of ether oxygens (including phenoxy) is 1. The van der Waals surface area contributed by atoms with Crippen LogP contribution in [0.4, 0.5) is 0 Å². The highest BCUT2D eigenvalue weighted by Crippen LogP contribution is 2.37. The van der Waals surface area contributed by atoms with Crippen LogP contribution in [-0.2, 0) is 17.9 Å². The van der Waals surface area contributed by atoms with Crippen molar-refractivity contribution in [3.63, 3.8) is 0 Å². The molecule has 0 bridgehead atoms. The summed E-state index contributed by atoms with van der Waals surface area (Å²) in [4.78, 5) is 0. The van der Waals surface area contributed by atoms with Gasteiger partial charge in [0.15, 0.2) is 0 Å². The standard InChI is InChI=1S/C11H19N3O2/c1-16-7-3-6-14-11(9-4-2-5-9)10(8-15)12-13-14/h9,15H,2-8H2,1H3. The van der Waals surface area contributed by atoms with Crippen molar-refractivity contribution in [1.82, 2.24) is 15.0 Å². The fourth-order valence-corrected chi connectivity index (χ4v) is 2.12. The Labute approximate surface area is 95.4 Å². The van der Waals surface area contributed by atoms with Crippen LogP contribution in [0.2, 0.25) is 0 Å². The predicted molar refractivity (Wildman–Crippen MR) is 59.0 cm³/mol. The van der Waals surface area contributed by atoms with Gasteiger partial charge in [-0.3, -0.25) is 0 Å². The topological polar surface area (TPSA) is 60.2 Å². The van der Waals surface area contributed by atoms with E-state index < -0.39 is 0 Å². The van der Waals surface area contributed by atoms with E-state index in [-0.39, 0.29) is 6.61 Å². The van der Waals surface area contributed by atoms with E-state index in [1.54, 1.807) is 7.11 Å². The second kappa shape index (κ2) is 5.41. The molecule has 0 radical (unpaired) electrons. The Balaban J connectivity index is 2.07. The fraction of sp³-hybridized carbons (Fsp3) is 0.818. The third kappa shape index (κ3) is 2.25. The number of hydrogen-bond donors (Lipinski definition) is 1. The summed E-state index contributed by atoms with van der Waals surface area (Å²) in [5, 5.41) is 17.4. The average molecular weight is 225 g/mol. The van der Waals surface area contributed by atoms with Crippen molar-refractivity contribution in [1.29, 1.82) is 0 Å². The van der Waals surface area contributed by atoms with E-state index in [1.807, 2.05) is 4.68 Å². The van der Waals surface area contributed by atoms with Gasteiger partial charge < -0.3 is 9.84 Å². The Kier molecular flexibility index (Phi) is 3.90. The highest BCUT2D eigenvalue weighted by Gasteiger charge is 2.27. The van der Waals surface area contributed by atoms with E-state index in [4.69, 9.17) is 4.74 Å². The first kappa shape index (κ1) is 11.5. The molecule has 5 heteroatoms. The van der Waals surface area contributed by atoms with Gasteiger partial charge in [0.1, 0.15) is 5.69 Å². The van der Waals surface area contributed by atoms with Crippen molar-refractivity contribution in [2.75, 3.05) is 13.7 Å². The number of nitrogens with zero attached hydrogens (tertiary/aromatic N) is 3. The second-order valence-corrected chi connectivity index (χ2v) is 4.28. The molecule has 0 spiro atoms. The normalized spacial score (nSPS) is 16.4. The summed E-state index contributed by atoms with van der Waals surface area (Å²) >= 11 is 0. The van der Waals surface area contributed by atoms with Crippen LogP contribution in [0, 0.1) is 0 Å². The van der Waals surface area contributed by atoms with Gasteiger partial charge in [-0.15, -0.1) is 5.10 Å². The number of aryl methyl sites for hydroxylation is 1. The van der Waals surface area contributed by atoms with Crippen LogP contribution in [0.15, 0.2) is 0 Å². The van der Waals surface area contributed by atoms with E-state index in [2.05, 4.69) is 10.3 Å². The van der Waals surface area contributed by atoms with Gasteiger partial charge in [0.2, 0.25) is 0 Å². The molecule has 1 aliphatic rings. The SMILES string of the molecule is COCCCn1nnc(CO)c1C1CCC1. The molecule has 1 heterocycles. The first-order valence-corrected chi connectivity index (χ1v) is 5.89. The quantitative estimate of drug-likeness (QED) is 0.736. The largest absolute Gasteiger partial charge is 0.390 e. The van der Waals surface area contributed by atoms with E-state index >= 15 is 0 Å². The van der Waals surface area contributed by atoms with Crippen LogP contribution in [0.5, 0.6) is 0 Å². The highest BCUT2D eigenvalue weighted by molar-refractivity contribution is 5.17. The lowest BCUT2D eigenvalue weighted by atomic mass is 9.82. The van der Waals surface area contributed by atoms with Gasteiger partial charge in [-0.05, 0) is 19.3 Å². The lowest BCUT2D eigenvalue weighted by Gasteiger charge is -2.26. The summed E-state index contributed by atoms with van der Waals surface area (Å²) in [7, 11) is 1.70. The average Bonchev–Trinajstić information content (AvgIpc) is 2.60. The number of methoxy groups -OCH3 is 1. The zero-order valence-electron chi connectivity index (χ0n) is 9.72. The van der Waals surface area contributed by atoms with Crippen molar-refractivity contribution < 1.29 is 9.84 Å². The van der Waals surface area contributed by atoms with Crippen molar-refractivity contribution >= 4 is 0 Å². The maximum Gasteiger partial charge on any atom is 0.112 e. The van der Waals surface area contributed by atoms with E-state index in [1.165, 1.54) is 19.3 Å². The molecule has 1 aromatic heterocycles. The van der Waals surface area contributed by atoms with E-state index in [0.29, 0.717) is 5.92 Å². The molecule has 0 unspecified atom stereocenters. The summed E-state index contributed by atoms with van der Waals surface area (Å²) in [5.74, 6) is 0.555. The Morgan fingerprint density at radius 3 is 2.88 bits per heavy atom. The monoisotopic (exact) mass is 225 g/mol. The Hall–Kier alpha value is -0.940. The molecule has 16 heavy (non-hydrogen) atoms. The van der Waals surface area contributed by atoms with Gasteiger partial charge in [-0.2, -0.15) is 0 Å². The molecular weight excluding hydrogens is 206 g/mol. The number of aliphatic hydroxyl groups is 1. The van der Waals surface area contributed by atoms with Gasteiger partial charge in [-0.1, -0.05) is 11.6 Å². The fourth-order valence-electron chi connectivity index (χ4n) is 2.12. The molecule has 0 aromatic carbocycles. The molecule has 0 aliphatic heterocycles. The summed E-state index contributed by atoms with van der Waals surface area (Å²) in [6, 6.07) is 0. The van der Waals surface area contributed by atoms with Crippen molar-refractivity contribution in [3.8, 4) is 0 Å². The van der Waals surface area contributed by atoms with Gasteiger partial charge in [0.25, 0.3) is 0 Å². The Bertz CT molecular complexity index is 334. The Morgan fingerprint density at radius 1 is 1.50 bits per heavy atom. The summed E-state index contributed by atoms with van der Waals surface area (Å²) < 4.78 is 6.97. The minimum absolute atomic E-state index is 0.00386. The minimum Gasteiger partial charge on any atom is -0.390 e. The smallest absolute Gasteiger partial charge is 0.112 e. The predicted octanol–water partition coefficient (Wildman–Crippen LogP) is 1.07. The van der Waals surface area contributed by atoms with Crippen LogP contribution in [0.1, 0.15) is 43.0 Å². The Morgan fingerprint density at radius 2 is 2.31 bits per heavy atom. The highest BCUT2D eigenvalue weighted by atomic mass is 16.5. The van der Waals surface area contributed by atoms with Crippen LogP contribution in [0.25, 0.3) is 0 Å². The molecular formula is C11H19N3O2. The van der Waals surface area contributed by atoms with Gasteiger partial charge in [0, 0.05) is 26.2 Å². The van der Waals surface area contributed by atoms with E-state index in [0.717, 1.165) is 31.0 Å². The zero-order chi connectivity index (χ0) is 11.4. The second-order valence-electron chi connectivity index (χ2n) is 4.28. The van der Waals surface area contributed by atoms with Crippen molar-refractivity contribution in [2.24, 2.45) is 0 Å². The first-order valence-electron chi connectivity index (χ1n) is 5.89. The molecule has 1 aromatic rings. The number of hydrogen-bond acceptors (Lipinski definition) is 4. The number of aliphatic hydroxyl groups excluding tert-OH is 1. The van der Waals surface area contributed by atoms with Crippen LogP contribution < -0.4 is 0 Å². The van der Waals surface area contributed by atoms with Crippen LogP contribution in [-0.4, -0.2) is 33.8 Å². The third-order valence-electron chi connectivity index (χ3n) is 3.21. The summed E-state index contributed by atoms with van der Waals surface area (Å²) in [6.45, 7) is 1.56. The molecule has 1 aliphatic carbocycles. The third-order valence-corrected chi connectivity index (χ3v) is 3.21. The van der Waals surface area contributed by atoms with Crippen LogP contribution >= 0.6 is 0 Å². The molecule has 1 fully saturated rings. The molecule has 0 atom stereocenters. The molecule has 1 N–H and O–H groups in total. The summed E-state index contributed by atoms with van der Waals surface area (Å²) in [6.07, 6.45) is 4.61. The van der Waals surface area contributed by atoms with Crippen molar-refractivity contribution in [2.45, 2.75) is 44.8 Å². The molecule has 2 rings (SSSR count). The molecule has 90 valence electrons. The minimum atomic E-state index is -0.00386.